The van der Waals surface area contributed by atoms with Crippen molar-refractivity contribution in [3.63, 3.8) is 0 Å². The summed E-state index contributed by atoms with van der Waals surface area (Å²) in [5.41, 5.74) is 4.42. The number of carbonyl (C=O) groups is 1. The van der Waals surface area contributed by atoms with Crippen LogP contribution >= 0.6 is 0 Å². The number of fused-ring (bicyclic) bond motifs is 1. The van der Waals surface area contributed by atoms with E-state index in [0.29, 0.717) is 28.7 Å². The molecule has 0 aliphatic carbocycles. The first kappa shape index (κ1) is 19.4. The lowest BCUT2D eigenvalue weighted by atomic mass is 10.1. The van der Waals surface area contributed by atoms with Crippen molar-refractivity contribution in [3.05, 3.63) is 97.1 Å². The Morgan fingerprint density at radius 3 is 2.16 bits per heavy atom. The number of nitrogens with zero attached hydrogens (tertiary/aromatic N) is 4. The van der Waals surface area contributed by atoms with Crippen LogP contribution in [-0.4, -0.2) is 25.4 Å². The maximum atomic E-state index is 13.1. The topological polar surface area (TPSA) is 84.2 Å². The first-order valence-corrected chi connectivity index (χ1v) is 10.2. The molecule has 2 amide bonds. The third kappa shape index (κ3) is 3.79. The number of rotatable bonds is 4. The second-order valence-electron chi connectivity index (χ2n) is 7.23. The van der Waals surface area contributed by atoms with Gasteiger partial charge in [0.15, 0.2) is 0 Å². The molecule has 156 valence electrons. The molecule has 3 aromatic heterocycles. The second-order valence-corrected chi connectivity index (χ2v) is 7.23. The van der Waals surface area contributed by atoms with E-state index in [-0.39, 0.29) is 0 Å². The summed E-state index contributed by atoms with van der Waals surface area (Å²) >= 11 is 0. The number of imidazole rings is 1. The van der Waals surface area contributed by atoms with Crippen molar-refractivity contribution in [2.24, 2.45) is 0 Å². The van der Waals surface area contributed by atoms with Gasteiger partial charge in [-0.2, -0.15) is 0 Å². The van der Waals surface area contributed by atoms with E-state index in [1.807, 2.05) is 96.4 Å². The number of aromatic nitrogens is 4. The van der Waals surface area contributed by atoms with E-state index < -0.39 is 6.03 Å². The number of hydrogen-bond donors (Lipinski definition) is 2. The van der Waals surface area contributed by atoms with Crippen molar-refractivity contribution in [1.82, 2.24) is 19.4 Å². The summed E-state index contributed by atoms with van der Waals surface area (Å²) in [6, 6.07) is 24.8. The molecule has 5 rings (SSSR count). The predicted octanol–water partition coefficient (Wildman–Crippen LogP) is 5.41. The lowest BCUT2D eigenvalue weighted by Gasteiger charge is -2.12. The van der Waals surface area contributed by atoms with Crippen LogP contribution < -0.4 is 10.6 Å². The monoisotopic (exact) mass is 420 g/mol. The van der Waals surface area contributed by atoms with Gasteiger partial charge in [-0.25, -0.2) is 19.7 Å². The van der Waals surface area contributed by atoms with Gasteiger partial charge in [0.2, 0.25) is 0 Å². The van der Waals surface area contributed by atoms with E-state index in [1.165, 1.54) is 0 Å². The standard InChI is InChI=1S/C25H20N6O/c1-17-26-16-20(22(27-17)18-10-4-2-5-11-18)28-25(32)30-24-23(19-12-6-3-7-13-19)29-21-14-8-9-15-31(21)24/h2-16H,1H3,(H2,28,30,32). The molecule has 0 saturated heterocycles. The highest BCUT2D eigenvalue weighted by Crippen LogP contribution is 2.29. The van der Waals surface area contributed by atoms with Crippen LogP contribution in [0, 0.1) is 6.92 Å². The van der Waals surface area contributed by atoms with Crippen LogP contribution in [0.4, 0.5) is 16.3 Å². The quantitative estimate of drug-likeness (QED) is 0.407. The molecular formula is C25H20N6O. The Bertz CT molecular complexity index is 1400. The SMILES string of the molecule is Cc1ncc(NC(=O)Nc2c(-c3ccccc3)nc3ccccn23)c(-c2ccccc2)n1. The van der Waals surface area contributed by atoms with Crippen LogP contribution in [0.15, 0.2) is 91.3 Å². The maximum Gasteiger partial charge on any atom is 0.324 e. The molecule has 0 radical (unpaired) electrons. The molecule has 32 heavy (non-hydrogen) atoms. The average molecular weight is 420 g/mol. The van der Waals surface area contributed by atoms with Crippen LogP contribution in [0.3, 0.4) is 0 Å². The number of benzene rings is 2. The number of carbonyl (C=O) groups excluding carboxylic acids is 1. The molecular weight excluding hydrogens is 400 g/mol. The first-order chi connectivity index (χ1) is 15.7. The molecule has 0 bridgehead atoms. The normalized spacial score (nSPS) is 10.8. The minimum absolute atomic E-state index is 0.405. The Morgan fingerprint density at radius 2 is 1.44 bits per heavy atom. The highest BCUT2D eigenvalue weighted by Gasteiger charge is 2.17. The van der Waals surface area contributed by atoms with Gasteiger partial charge in [0.1, 0.15) is 23.0 Å². The average Bonchev–Trinajstić information content (AvgIpc) is 3.19. The largest absolute Gasteiger partial charge is 0.324 e. The lowest BCUT2D eigenvalue weighted by molar-refractivity contribution is 0.262. The third-order valence-corrected chi connectivity index (χ3v) is 5.01. The van der Waals surface area contributed by atoms with Crippen molar-refractivity contribution in [2.45, 2.75) is 6.92 Å². The van der Waals surface area contributed by atoms with Gasteiger partial charge >= 0.3 is 6.03 Å². The van der Waals surface area contributed by atoms with Gasteiger partial charge in [0, 0.05) is 17.3 Å². The fraction of sp³-hybridized carbons (Fsp3) is 0.0400. The summed E-state index contributed by atoms with van der Waals surface area (Å²) in [5, 5.41) is 5.87. The minimum Gasteiger partial charge on any atom is -0.304 e. The van der Waals surface area contributed by atoms with Gasteiger partial charge in [-0.3, -0.25) is 9.72 Å². The maximum absolute atomic E-state index is 13.1. The van der Waals surface area contributed by atoms with Gasteiger partial charge in [-0.15, -0.1) is 0 Å². The van der Waals surface area contributed by atoms with Crippen LogP contribution in [-0.2, 0) is 0 Å². The van der Waals surface area contributed by atoms with E-state index >= 15 is 0 Å². The zero-order valence-electron chi connectivity index (χ0n) is 17.4. The van der Waals surface area contributed by atoms with Crippen LogP contribution in [0.1, 0.15) is 5.82 Å². The molecule has 3 heterocycles. The summed E-state index contributed by atoms with van der Waals surface area (Å²) < 4.78 is 1.85. The molecule has 0 aliphatic heterocycles. The van der Waals surface area contributed by atoms with E-state index in [2.05, 4.69) is 20.6 Å². The van der Waals surface area contributed by atoms with Crippen molar-refractivity contribution in [2.75, 3.05) is 10.6 Å². The number of hydrogen-bond acceptors (Lipinski definition) is 4. The Balaban J connectivity index is 1.50. The molecule has 0 atom stereocenters. The summed E-state index contributed by atoms with van der Waals surface area (Å²) in [7, 11) is 0. The summed E-state index contributed by atoms with van der Waals surface area (Å²) in [5.74, 6) is 1.21. The van der Waals surface area contributed by atoms with Gasteiger partial charge in [-0.1, -0.05) is 66.7 Å². The highest BCUT2D eigenvalue weighted by atomic mass is 16.2. The number of aryl methyl sites for hydroxylation is 1. The lowest BCUT2D eigenvalue weighted by Crippen LogP contribution is -2.21. The summed E-state index contributed by atoms with van der Waals surface area (Å²) in [4.78, 5) is 26.6. The Hall–Kier alpha value is -4.52. The van der Waals surface area contributed by atoms with Gasteiger partial charge < -0.3 is 5.32 Å². The number of anilines is 2. The van der Waals surface area contributed by atoms with E-state index in [9.17, 15) is 4.79 Å². The Labute approximate surface area is 184 Å². The van der Waals surface area contributed by atoms with E-state index in [4.69, 9.17) is 4.98 Å². The fourth-order valence-electron chi connectivity index (χ4n) is 3.55. The van der Waals surface area contributed by atoms with Crippen LogP contribution in [0.5, 0.6) is 0 Å². The molecule has 0 saturated carbocycles. The van der Waals surface area contributed by atoms with Gasteiger partial charge in [-0.05, 0) is 19.1 Å². The van der Waals surface area contributed by atoms with Gasteiger partial charge in [0.25, 0.3) is 0 Å². The van der Waals surface area contributed by atoms with E-state index in [1.54, 1.807) is 6.20 Å². The predicted molar refractivity (Wildman–Crippen MR) is 125 cm³/mol. The molecule has 7 nitrogen and oxygen atoms in total. The molecule has 2 aromatic carbocycles. The van der Waals surface area contributed by atoms with Crippen molar-refractivity contribution in [1.29, 1.82) is 0 Å². The van der Waals surface area contributed by atoms with E-state index in [0.717, 1.165) is 16.8 Å². The summed E-state index contributed by atoms with van der Waals surface area (Å²) in [6.07, 6.45) is 3.49. The Morgan fingerprint density at radius 1 is 0.781 bits per heavy atom. The number of urea groups is 1. The fourth-order valence-corrected chi connectivity index (χ4v) is 3.55. The second kappa shape index (κ2) is 8.31. The number of nitrogens with one attached hydrogen (secondary N) is 2. The molecule has 0 aliphatic rings. The molecule has 2 N–H and O–H groups in total. The smallest absolute Gasteiger partial charge is 0.304 e. The Kier molecular flexibility index (Phi) is 5.05. The zero-order valence-corrected chi connectivity index (χ0v) is 17.4. The van der Waals surface area contributed by atoms with Crippen molar-refractivity contribution < 1.29 is 4.79 Å². The first-order valence-electron chi connectivity index (χ1n) is 10.2. The molecule has 0 fully saturated rings. The van der Waals surface area contributed by atoms with Gasteiger partial charge in [0.05, 0.1) is 17.6 Å². The minimum atomic E-state index is -0.405. The molecule has 7 heteroatoms. The van der Waals surface area contributed by atoms with Crippen LogP contribution in [0.2, 0.25) is 0 Å². The third-order valence-electron chi connectivity index (χ3n) is 5.01. The van der Waals surface area contributed by atoms with Crippen molar-refractivity contribution >= 4 is 23.2 Å². The van der Waals surface area contributed by atoms with Crippen LogP contribution in [0.25, 0.3) is 28.2 Å². The number of pyridine rings is 1. The summed E-state index contributed by atoms with van der Waals surface area (Å²) in [6.45, 7) is 1.82. The van der Waals surface area contributed by atoms with Crippen molar-refractivity contribution in [3.8, 4) is 22.5 Å². The molecule has 0 unspecified atom stereocenters. The molecule has 0 spiro atoms. The molecule has 5 aromatic rings. The highest BCUT2D eigenvalue weighted by molar-refractivity contribution is 6.03. The zero-order chi connectivity index (χ0) is 21.9. The number of amides is 2.